The lowest BCUT2D eigenvalue weighted by Gasteiger charge is -2.05. The van der Waals surface area contributed by atoms with Crippen molar-refractivity contribution >= 4 is 11.4 Å². The van der Waals surface area contributed by atoms with Crippen LogP contribution in [0.4, 0.5) is 11.4 Å². The predicted molar refractivity (Wildman–Crippen MR) is 69.6 cm³/mol. The zero-order valence-corrected chi connectivity index (χ0v) is 10.1. The third-order valence-electron chi connectivity index (χ3n) is 2.65. The van der Waals surface area contributed by atoms with E-state index in [1.165, 1.54) is 18.2 Å². The molecule has 0 bridgehead atoms. The molecule has 2 aromatic rings. The molecule has 0 unspecified atom stereocenters. The number of nitrogens with zero attached hydrogens (tertiary/aromatic N) is 3. The van der Waals surface area contributed by atoms with Crippen molar-refractivity contribution in [2.24, 2.45) is 0 Å². The van der Waals surface area contributed by atoms with Crippen molar-refractivity contribution in [3.05, 3.63) is 78.7 Å². The van der Waals surface area contributed by atoms with Crippen LogP contribution in [0.15, 0.2) is 47.4 Å². The number of hydrogen-bond acceptors (Lipinski definition) is 5. The van der Waals surface area contributed by atoms with Gasteiger partial charge in [-0.3, -0.25) is 25.0 Å². The monoisotopic (exact) mass is 275 g/mol. The van der Waals surface area contributed by atoms with E-state index in [-0.39, 0.29) is 17.9 Å². The SMILES string of the molecule is O=c1ccc([N+](=O)[O-])cn1Cc1cccc([N+](=O)[O-])c1. The van der Waals surface area contributed by atoms with Crippen molar-refractivity contribution in [2.75, 3.05) is 0 Å². The van der Waals surface area contributed by atoms with E-state index in [9.17, 15) is 25.0 Å². The number of non-ortho nitro benzene ring substituents is 1. The maximum absolute atomic E-state index is 11.6. The largest absolute Gasteiger partial charge is 0.304 e. The Bertz CT molecular complexity index is 738. The molecular weight excluding hydrogens is 266 g/mol. The van der Waals surface area contributed by atoms with Crippen LogP contribution in [0.2, 0.25) is 0 Å². The molecular formula is C12H9N3O5. The summed E-state index contributed by atoms with van der Waals surface area (Å²) in [4.78, 5) is 31.8. The Morgan fingerprint density at radius 3 is 2.35 bits per heavy atom. The fraction of sp³-hybridized carbons (Fsp3) is 0.0833. The van der Waals surface area contributed by atoms with E-state index in [2.05, 4.69) is 0 Å². The molecule has 2 rings (SSSR count). The maximum Gasteiger partial charge on any atom is 0.285 e. The average Bonchev–Trinajstić information content (AvgIpc) is 2.41. The van der Waals surface area contributed by atoms with Gasteiger partial charge in [0.25, 0.3) is 16.9 Å². The van der Waals surface area contributed by atoms with Gasteiger partial charge in [-0.05, 0) is 5.56 Å². The third-order valence-corrected chi connectivity index (χ3v) is 2.65. The zero-order valence-electron chi connectivity index (χ0n) is 10.1. The topological polar surface area (TPSA) is 108 Å². The normalized spacial score (nSPS) is 10.2. The van der Waals surface area contributed by atoms with Crippen LogP contribution in [0, 0.1) is 20.2 Å². The van der Waals surface area contributed by atoms with E-state index in [0.29, 0.717) is 5.56 Å². The van der Waals surface area contributed by atoms with Gasteiger partial charge in [-0.15, -0.1) is 0 Å². The average molecular weight is 275 g/mol. The Morgan fingerprint density at radius 2 is 1.70 bits per heavy atom. The molecule has 0 amide bonds. The molecule has 0 atom stereocenters. The lowest BCUT2D eigenvalue weighted by molar-refractivity contribution is -0.385. The fourth-order valence-electron chi connectivity index (χ4n) is 1.72. The highest BCUT2D eigenvalue weighted by molar-refractivity contribution is 5.34. The number of nitro groups is 2. The molecule has 0 saturated heterocycles. The molecule has 0 spiro atoms. The number of rotatable bonds is 4. The molecule has 1 heterocycles. The van der Waals surface area contributed by atoms with Gasteiger partial charge >= 0.3 is 0 Å². The van der Waals surface area contributed by atoms with Crippen LogP contribution in [0.3, 0.4) is 0 Å². The number of nitro benzene ring substituents is 1. The lowest BCUT2D eigenvalue weighted by atomic mass is 10.2. The Kier molecular flexibility index (Phi) is 3.56. The van der Waals surface area contributed by atoms with E-state index in [1.54, 1.807) is 6.07 Å². The number of benzene rings is 1. The molecule has 0 aliphatic heterocycles. The quantitative estimate of drug-likeness (QED) is 0.623. The van der Waals surface area contributed by atoms with E-state index in [0.717, 1.165) is 22.9 Å². The van der Waals surface area contributed by atoms with E-state index >= 15 is 0 Å². The summed E-state index contributed by atoms with van der Waals surface area (Å²) in [6, 6.07) is 7.97. The smallest absolute Gasteiger partial charge is 0.285 e. The van der Waals surface area contributed by atoms with Crippen molar-refractivity contribution in [1.29, 1.82) is 0 Å². The summed E-state index contributed by atoms with van der Waals surface area (Å²) in [5.74, 6) is 0. The summed E-state index contributed by atoms with van der Waals surface area (Å²) in [6.45, 7) is 0.0300. The summed E-state index contributed by atoms with van der Waals surface area (Å²) in [5.41, 5.74) is -0.208. The first-order valence-corrected chi connectivity index (χ1v) is 5.55. The highest BCUT2D eigenvalue weighted by Crippen LogP contribution is 2.14. The molecule has 0 aliphatic carbocycles. The second-order valence-corrected chi connectivity index (χ2v) is 4.04. The van der Waals surface area contributed by atoms with Gasteiger partial charge in [0.15, 0.2) is 0 Å². The molecule has 1 aromatic carbocycles. The van der Waals surface area contributed by atoms with Crippen LogP contribution in [0.25, 0.3) is 0 Å². The number of pyridine rings is 1. The minimum absolute atomic E-state index is 0.0300. The minimum Gasteiger partial charge on any atom is -0.304 e. The highest BCUT2D eigenvalue weighted by atomic mass is 16.6. The van der Waals surface area contributed by atoms with Crippen molar-refractivity contribution in [2.45, 2.75) is 6.54 Å². The van der Waals surface area contributed by atoms with E-state index in [4.69, 9.17) is 0 Å². The lowest BCUT2D eigenvalue weighted by Crippen LogP contribution is -2.19. The molecule has 1 aromatic heterocycles. The summed E-state index contributed by atoms with van der Waals surface area (Å²) >= 11 is 0. The van der Waals surface area contributed by atoms with Gasteiger partial charge in [-0.25, -0.2) is 0 Å². The van der Waals surface area contributed by atoms with Gasteiger partial charge in [0.05, 0.1) is 22.6 Å². The van der Waals surface area contributed by atoms with Crippen LogP contribution >= 0.6 is 0 Å². The molecule has 0 aliphatic rings. The zero-order chi connectivity index (χ0) is 14.7. The minimum atomic E-state index is -0.608. The molecule has 8 nitrogen and oxygen atoms in total. The van der Waals surface area contributed by atoms with Crippen molar-refractivity contribution in [1.82, 2.24) is 4.57 Å². The second kappa shape index (κ2) is 5.31. The van der Waals surface area contributed by atoms with Crippen LogP contribution in [-0.4, -0.2) is 14.4 Å². The van der Waals surface area contributed by atoms with E-state index in [1.807, 2.05) is 0 Å². The number of aromatic nitrogens is 1. The van der Waals surface area contributed by atoms with Crippen molar-refractivity contribution in [3.63, 3.8) is 0 Å². The molecule has 8 heteroatoms. The summed E-state index contributed by atoms with van der Waals surface area (Å²) in [6.07, 6.45) is 1.11. The van der Waals surface area contributed by atoms with Crippen molar-refractivity contribution in [3.8, 4) is 0 Å². The Labute approximate surface area is 112 Å². The first-order chi connectivity index (χ1) is 9.47. The number of hydrogen-bond donors (Lipinski definition) is 0. The fourth-order valence-corrected chi connectivity index (χ4v) is 1.72. The second-order valence-electron chi connectivity index (χ2n) is 4.04. The Balaban J connectivity index is 2.37. The van der Waals surface area contributed by atoms with E-state index < -0.39 is 15.4 Å². The van der Waals surface area contributed by atoms with Gasteiger partial charge in [0.1, 0.15) is 0 Å². The van der Waals surface area contributed by atoms with Crippen LogP contribution in [0.1, 0.15) is 5.56 Å². The van der Waals surface area contributed by atoms with Crippen molar-refractivity contribution < 1.29 is 9.85 Å². The molecule has 0 saturated carbocycles. The summed E-state index contributed by atoms with van der Waals surface area (Å²) in [5, 5.41) is 21.3. The molecule has 0 N–H and O–H groups in total. The Morgan fingerprint density at radius 1 is 1.00 bits per heavy atom. The Hall–Kier alpha value is -3.03. The molecule has 102 valence electrons. The predicted octanol–water partition coefficient (Wildman–Crippen LogP) is 1.71. The van der Waals surface area contributed by atoms with Gasteiger partial charge in [0, 0.05) is 24.3 Å². The highest BCUT2D eigenvalue weighted by Gasteiger charge is 2.10. The standard InChI is InChI=1S/C12H9N3O5/c16-12-5-4-11(15(19)20)8-13(12)7-9-2-1-3-10(6-9)14(17)18/h1-6,8H,7H2. The van der Waals surface area contributed by atoms with Gasteiger partial charge in [0.2, 0.25) is 0 Å². The third kappa shape index (κ3) is 2.86. The molecule has 20 heavy (non-hydrogen) atoms. The summed E-state index contributed by atoms with van der Waals surface area (Å²) in [7, 11) is 0. The van der Waals surface area contributed by atoms with Crippen LogP contribution in [-0.2, 0) is 6.54 Å². The molecule has 0 fully saturated rings. The maximum atomic E-state index is 11.6. The van der Waals surface area contributed by atoms with Gasteiger partial charge in [-0.1, -0.05) is 12.1 Å². The summed E-state index contributed by atoms with van der Waals surface area (Å²) < 4.78 is 1.14. The molecule has 0 radical (unpaired) electrons. The first kappa shape index (κ1) is 13.4. The van der Waals surface area contributed by atoms with Gasteiger partial charge in [-0.2, -0.15) is 0 Å². The van der Waals surface area contributed by atoms with Crippen LogP contribution in [0.5, 0.6) is 0 Å². The van der Waals surface area contributed by atoms with Gasteiger partial charge < -0.3 is 4.57 Å². The van der Waals surface area contributed by atoms with Crippen LogP contribution < -0.4 is 5.56 Å². The first-order valence-electron chi connectivity index (χ1n) is 5.55.